The van der Waals surface area contributed by atoms with Crippen molar-refractivity contribution in [3.05, 3.63) is 77.5 Å². The van der Waals surface area contributed by atoms with Gasteiger partial charge >= 0.3 is 0 Å². The number of carbonyl (C=O) groups excluding carboxylic acids is 2. The highest BCUT2D eigenvalue weighted by molar-refractivity contribution is 5.84. The number of fused-ring (bicyclic) bond motifs is 1. The molecule has 1 saturated heterocycles. The minimum atomic E-state index is -0.954. The molecule has 154 valence electrons. The Labute approximate surface area is 172 Å². The minimum absolute atomic E-state index is 0.0463. The van der Waals surface area contributed by atoms with Crippen molar-refractivity contribution in [1.82, 2.24) is 15.2 Å². The summed E-state index contributed by atoms with van der Waals surface area (Å²) in [6.07, 6.45) is 2.65. The van der Waals surface area contributed by atoms with Crippen LogP contribution in [0, 0.1) is 11.6 Å². The summed E-state index contributed by atoms with van der Waals surface area (Å²) in [4.78, 5) is 30.6. The van der Waals surface area contributed by atoms with Crippen LogP contribution >= 0.6 is 0 Å². The molecule has 1 atom stereocenters. The maximum absolute atomic E-state index is 14.0. The van der Waals surface area contributed by atoms with Crippen molar-refractivity contribution in [3.8, 4) is 0 Å². The number of carbonyl (C=O) groups is 2. The van der Waals surface area contributed by atoms with E-state index in [0.29, 0.717) is 19.4 Å². The molecule has 1 unspecified atom stereocenters. The summed E-state index contributed by atoms with van der Waals surface area (Å²) in [6.45, 7) is 0.302. The van der Waals surface area contributed by atoms with Gasteiger partial charge in [-0.2, -0.15) is 0 Å². The van der Waals surface area contributed by atoms with Crippen molar-refractivity contribution in [3.63, 3.8) is 0 Å². The molecule has 1 fully saturated rings. The Hall–Kier alpha value is -3.35. The van der Waals surface area contributed by atoms with E-state index in [1.165, 1.54) is 17.0 Å². The second kappa shape index (κ2) is 8.57. The molecule has 1 aliphatic rings. The fraction of sp³-hybridized carbons (Fsp3) is 0.261. The SMILES string of the molecule is O=C(CC1CCC(=O)N1Cc1cccc(F)c1F)NCc1cccc2ncccc12. The Morgan fingerprint density at radius 3 is 2.77 bits per heavy atom. The van der Waals surface area contributed by atoms with Gasteiger partial charge in [0.15, 0.2) is 11.6 Å². The lowest BCUT2D eigenvalue weighted by Gasteiger charge is -2.25. The number of halogens is 2. The molecule has 4 rings (SSSR count). The van der Waals surface area contributed by atoms with E-state index < -0.39 is 11.6 Å². The number of hydrogen-bond acceptors (Lipinski definition) is 3. The largest absolute Gasteiger partial charge is 0.352 e. The van der Waals surface area contributed by atoms with E-state index in [1.54, 1.807) is 6.20 Å². The van der Waals surface area contributed by atoms with Gasteiger partial charge < -0.3 is 10.2 Å². The standard InChI is InChI=1S/C23H21F2N3O2/c24-19-7-1-5-16(23(19)25)14-28-17(9-10-22(28)30)12-21(29)27-13-15-4-2-8-20-18(15)6-3-11-26-20/h1-8,11,17H,9-10,12-14H2,(H,27,29). The van der Waals surface area contributed by atoms with Crippen molar-refractivity contribution < 1.29 is 18.4 Å². The number of likely N-dealkylation sites (tertiary alicyclic amines) is 1. The number of amides is 2. The lowest BCUT2D eigenvalue weighted by Crippen LogP contribution is -2.37. The van der Waals surface area contributed by atoms with Crippen molar-refractivity contribution in [2.45, 2.75) is 38.4 Å². The summed E-state index contributed by atoms with van der Waals surface area (Å²) in [6, 6.07) is 13.1. The third kappa shape index (κ3) is 4.15. The first kappa shape index (κ1) is 19.9. The molecule has 5 nitrogen and oxygen atoms in total. The third-order valence-electron chi connectivity index (χ3n) is 5.46. The van der Waals surface area contributed by atoms with E-state index in [0.717, 1.165) is 22.5 Å². The van der Waals surface area contributed by atoms with Crippen molar-refractivity contribution >= 4 is 22.7 Å². The zero-order chi connectivity index (χ0) is 21.1. The van der Waals surface area contributed by atoms with Crippen LogP contribution in [0.5, 0.6) is 0 Å². The summed E-state index contributed by atoms with van der Waals surface area (Å²) < 4.78 is 27.5. The van der Waals surface area contributed by atoms with Crippen LogP contribution in [0.4, 0.5) is 8.78 Å². The zero-order valence-corrected chi connectivity index (χ0v) is 16.3. The van der Waals surface area contributed by atoms with E-state index in [-0.39, 0.29) is 36.4 Å². The van der Waals surface area contributed by atoms with Gasteiger partial charge in [0.25, 0.3) is 0 Å². The molecule has 0 spiro atoms. The van der Waals surface area contributed by atoms with E-state index in [2.05, 4.69) is 10.3 Å². The summed E-state index contributed by atoms with van der Waals surface area (Å²) in [5.74, 6) is -2.25. The van der Waals surface area contributed by atoms with Crippen molar-refractivity contribution in [2.24, 2.45) is 0 Å². The highest BCUT2D eigenvalue weighted by Gasteiger charge is 2.33. The molecule has 1 N–H and O–H groups in total. The van der Waals surface area contributed by atoms with Gasteiger partial charge in [0, 0.05) is 49.1 Å². The van der Waals surface area contributed by atoms with Crippen LogP contribution in [-0.4, -0.2) is 27.7 Å². The second-order valence-corrected chi connectivity index (χ2v) is 7.40. The molecular formula is C23H21F2N3O2. The molecule has 0 bridgehead atoms. The topological polar surface area (TPSA) is 62.3 Å². The van der Waals surface area contributed by atoms with Crippen LogP contribution < -0.4 is 5.32 Å². The second-order valence-electron chi connectivity index (χ2n) is 7.40. The molecule has 2 heterocycles. The van der Waals surface area contributed by atoms with Gasteiger partial charge in [-0.3, -0.25) is 14.6 Å². The Balaban J connectivity index is 1.40. The van der Waals surface area contributed by atoms with Crippen molar-refractivity contribution in [2.75, 3.05) is 0 Å². The molecule has 7 heteroatoms. The van der Waals surface area contributed by atoms with Gasteiger partial charge in [-0.05, 0) is 30.2 Å². The van der Waals surface area contributed by atoms with E-state index in [9.17, 15) is 18.4 Å². The first-order chi connectivity index (χ1) is 14.5. The summed E-state index contributed by atoms with van der Waals surface area (Å²) >= 11 is 0. The lowest BCUT2D eigenvalue weighted by molar-refractivity contribution is -0.130. The first-order valence-electron chi connectivity index (χ1n) is 9.84. The smallest absolute Gasteiger partial charge is 0.223 e. The molecule has 30 heavy (non-hydrogen) atoms. The minimum Gasteiger partial charge on any atom is -0.352 e. The number of nitrogens with one attached hydrogen (secondary N) is 1. The maximum atomic E-state index is 14.0. The van der Waals surface area contributed by atoms with Gasteiger partial charge in [-0.15, -0.1) is 0 Å². The summed E-state index contributed by atoms with van der Waals surface area (Å²) in [5, 5.41) is 3.87. The number of pyridine rings is 1. The fourth-order valence-corrected chi connectivity index (χ4v) is 3.88. The molecule has 1 aromatic heterocycles. The van der Waals surface area contributed by atoms with Crippen LogP contribution in [0.3, 0.4) is 0 Å². The highest BCUT2D eigenvalue weighted by atomic mass is 19.2. The molecular weight excluding hydrogens is 388 g/mol. The van der Waals surface area contributed by atoms with E-state index >= 15 is 0 Å². The van der Waals surface area contributed by atoms with Gasteiger partial charge in [-0.25, -0.2) is 8.78 Å². The van der Waals surface area contributed by atoms with E-state index in [4.69, 9.17) is 0 Å². The van der Waals surface area contributed by atoms with Gasteiger partial charge in [-0.1, -0.05) is 30.3 Å². The predicted molar refractivity (Wildman–Crippen MR) is 108 cm³/mol. The molecule has 0 aliphatic carbocycles. The number of rotatable bonds is 6. The Bertz CT molecular complexity index is 1100. The average molecular weight is 409 g/mol. The number of nitrogens with zero attached hydrogens (tertiary/aromatic N) is 2. The molecule has 0 saturated carbocycles. The van der Waals surface area contributed by atoms with Crippen LogP contribution in [0.1, 0.15) is 30.4 Å². The summed E-state index contributed by atoms with van der Waals surface area (Å²) in [5.41, 5.74) is 1.92. The first-order valence-corrected chi connectivity index (χ1v) is 9.84. The number of hydrogen-bond donors (Lipinski definition) is 1. The summed E-state index contributed by atoms with van der Waals surface area (Å²) in [7, 11) is 0. The highest BCUT2D eigenvalue weighted by Crippen LogP contribution is 2.25. The Kier molecular flexibility index (Phi) is 5.70. The van der Waals surface area contributed by atoms with Gasteiger partial charge in [0.2, 0.25) is 11.8 Å². The fourth-order valence-electron chi connectivity index (χ4n) is 3.88. The number of benzene rings is 2. The molecule has 2 amide bonds. The number of aromatic nitrogens is 1. The maximum Gasteiger partial charge on any atom is 0.223 e. The molecule has 1 aliphatic heterocycles. The van der Waals surface area contributed by atoms with Gasteiger partial charge in [0.1, 0.15) is 0 Å². The van der Waals surface area contributed by atoms with Crippen LogP contribution in [0.25, 0.3) is 10.9 Å². The average Bonchev–Trinajstić information content (AvgIpc) is 3.09. The molecule has 2 aromatic carbocycles. The molecule has 3 aromatic rings. The van der Waals surface area contributed by atoms with E-state index in [1.807, 2.05) is 30.3 Å². The van der Waals surface area contributed by atoms with Crippen LogP contribution in [0.15, 0.2) is 54.7 Å². The Morgan fingerprint density at radius 2 is 1.90 bits per heavy atom. The third-order valence-corrected chi connectivity index (χ3v) is 5.46. The van der Waals surface area contributed by atoms with Crippen LogP contribution in [0.2, 0.25) is 0 Å². The quantitative estimate of drug-likeness (QED) is 0.675. The predicted octanol–water partition coefficient (Wildman–Crippen LogP) is 3.71. The zero-order valence-electron chi connectivity index (χ0n) is 16.3. The lowest BCUT2D eigenvalue weighted by atomic mass is 10.1. The monoisotopic (exact) mass is 409 g/mol. The Morgan fingerprint density at radius 1 is 1.10 bits per heavy atom. The normalized spacial score (nSPS) is 16.3. The van der Waals surface area contributed by atoms with Gasteiger partial charge in [0.05, 0.1) is 5.52 Å². The molecule has 0 radical (unpaired) electrons. The van der Waals surface area contributed by atoms with Crippen LogP contribution in [-0.2, 0) is 22.7 Å². The van der Waals surface area contributed by atoms with Crippen molar-refractivity contribution in [1.29, 1.82) is 0 Å².